The first-order valence-corrected chi connectivity index (χ1v) is 25.9. The van der Waals surface area contributed by atoms with Crippen LogP contribution in [-0.2, 0) is 60.8 Å². The highest BCUT2D eigenvalue weighted by molar-refractivity contribution is 5.98. The lowest BCUT2D eigenvalue weighted by atomic mass is 10.0. The molecule has 19 N–H and O–H groups in total. The molecular weight excluding hydrogens is 1020 g/mol. The van der Waals surface area contributed by atoms with Crippen LogP contribution in [0.25, 0.3) is 0 Å². The summed E-state index contributed by atoms with van der Waals surface area (Å²) in [4.78, 5) is 136. The first kappa shape index (κ1) is 64.8. The zero-order valence-corrected chi connectivity index (χ0v) is 44.2. The maximum atomic E-state index is 14.4. The summed E-state index contributed by atoms with van der Waals surface area (Å²) in [7, 11) is 0. The molecule has 1 aliphatic rings. The molecule has 78 heavy (non-hydrogen) atoms. The lowest BCUT2D eigenvalue weighted by Gasteiger charge is -2.30. The van der Waals surface area contributed by atoms with E-state index in [4.69, 9.17) is 17.2 Å². The number of nitrogens with two attached hydrogens (primary N) is 3. The smallest absolute Gasteiger partial charge is 0.328 e. The molecule has 0 bridgehead atoms. The van der Waals surface area contributed by atoms with Gasteiger partial charge in [0.15, 0.2) is 0 Å². The SMILES string of the molecule is CC(C)[C@H](NC(=O)[C@H](CO)NC(=O)[C@H](Cc1ccc(O)cc1)NC(=O)[C@H](Cc1ccc(O)cc1)NC(=O)[C@@H]1CCCN1C(=O)[C@H](C)NC(=O)CN)C(=O)N[C@@H](CCCCN)C(=O)N[C@@H](CCCCN)C(=O)N[C@@H](CO)C(=O)O. The summed E-state index contributed by atoms with van der Waals surface area (Å²) in [6.07, 6.45) is 1.76. The molecule has 27 nitrogen and oxygen atoms in total. The molecule has 1 heterocycles. The number of likely N-dealkylation sites (tertiary alicyclic amines) is 1. The first-order chi connectivity index (χ1) is 37.1. The molecule has 1 aliphatic heterocycles. The molecule has 0 saturated carbocycles. The molecule has 2 aromatic carbocycles. The van der Waals surface area contributed by atoms with Crippen molar-refractivity contribution in [3.63, 3.8) is 0 Å². The van der Waals surface area contributed by atoms with E-state index in [9.17, 15) is 73.5 Å². The summed E-state index contributed by atoms with van der Waals surface area (Å²) in [6.45, 7) is 2.92. The second-order valence-electron chi connectivity index (χ2n) is 19.3. The van der Waals surface area contributed by atoms with Gasteiger partial charge in [0.1, 0.15) is 65.9 Å². The number of nitrogens with zero attached hydrogens (tertiary/aromatic N) is 1. The van der Waals surface area contributed by atoms with E-state index < -0.39 is 133 Å². The van der Waals surface area contributed by atoms with Crippen molar-refractivity contribution < 1.29 is 73.5 Å². The predicted molar refractivity (Wildman–Crippen MR) is 281 cm³/mol. The van der Waals surface area contributed by atoms with Crippen molar-refractivity contribution in [1.82, 2.24) is 47.4 Å². The van der Waals surface area contributed by atoms with Crippen LogP contribution in [0.3, 0.4) is 0 Å². The Hall–Kier alpha value is -7.46. The van der Waals surface area contributed by atoms with Crippen LogP contribution in [0.4, 0.5) is 0 Å². The Balaban J connectivity index is 1.90. The van der Waals surface area contributed by atoms with E-state index in [1.165, 1.54) is 60.4 Å². The molecule has 9 atom stereocenters. The number of carboxylic acid groups (broad SMARTS) is 1. The highest BCUT2D eigenvalue weighted by Crippen LogP contribution is 2.20. The van der Waals surface area contributed by atoms with Crippen LogP contribution < -0.4 is 59.7 Å². The third kappa shape index (κ3) is 20.8. The molecule has 0 unspecified atom stereocenters. The van der Waals surface area contributed by atoms with E-state index in [2.05, 4.69) is 42.5 Å². The number of carboxylic acids is 1. The fourth-order valence-corrected chi connectivity index (χ4v) is 8.38. The zero-order chi connectivity index (χ0) is 58.1. The molecule has 1 saturated heterocycles. The van der Waals surface area contributed by atoms with Crippen LogP contribution in [0.15, 0.2) is 48.5 Å². The number of nitrogens with one attached hydrogen (secondary N) is 8. The van der Waals surface area contributed by atoms with Gasteiger partial charge in [0.25, 0.3) is 0 Å². The van der Waals surface area contributed by atoms with Gasteiger partial charge in [0.05, 0.1) is 19.8 Å². The van der Waals surface area contributed by atoms with E-state index in [0.29, 0.717) is 43.2 Å². The van der Waals surface area contributed by atoms with Gasteiger partial charge >= 0.3 is 5.97 Å². The highest BCUT2D eigenvalue weighted by Gasteiger charge is 2.39. The Kier molecular flexibility index (Phi) is 27.4. The maximum absolute atomic E-state index is 14.4. The van der Waals surface area contributed by atoms with Crippen LogP contribution in [0.1, 0.15) is 83.3 Å². The number of benzene rings is 2. The summed E-state index contributed by atoms with van der Waals surface area (Å²) in [6, 6.07) is -1.19. The van der Waals surface area contributed by atoms with Crippen molar-refractivity contribution in [3.8, 4) is 11.5 Å². The Bertz CT molecular complexity index is 2340. The van der Waals surface area contributed by atoms with Gasteiger partial charge in [-0.1, -0.05) is 38.1 Å². The monoisotopic (exact) mass is 1100 g/mol. The number of aliphatic hydroxyl groups is 2. The van der Waals surface area contributed by atoms with E-state index in [0.717, 1.165) is 0 Å². The molecule has 27 heteroatoms. The number of aromatic hydroxyl groups is 2. The van der Waals surface area contributed by atoms with E-state index >= 15 is 0 Å². The number of rotatable bonds is 33. The fraction of sp³-hybridized carbons (Fsp3) is 0.569. The van der Waals surface area contributed by atoms with Gasteiger partial charge in [-0.15, -0.1) is 0 Å². The third-order valence-electron chi connectivity index (χ3n) is 12.8. The molecule has 0 aromatic heterocycles. The van der Waals surface area contributed by atoms with Crippen LogP contribution in [0.2, 0.25) is 0 Å². The normalized spacial score (nSPS) is 16.2. The summed E-state index contributed by atoms with van der Waals surface area (Å²) >= 11 is 0. The Morgan fingerprint density at radius 3 is 1.42 bits per heavy atom. The van der Waals surface area contributed by atoms with E-state index in [-0.39, 0.29) is 69.8 Å². The quantitative estimate of drug-likeness (QED) is 0.0301. The largest absolute Gasteiger partial charge is 0.508 e. The summed E-state index contributed by atoms with van der Waals surface area (Å²) in [5, 5.41) is 69.4. The van der Waals surface area contributed by atoms with Gasteiger partial charge in [0, 0.05) is 19.4 Å². The lowest BCUT2D eigenvalue weighted by molar-refractivity contribution is -0.143. The van der Waals surface area contributed by atoms with E-state index in [1.807, 2.05) is 0 Å². The van der Waals surface area contributed by atoms with Crippen LogP contribution in [0, 0.1) is 5.92 Å². The number of amides is 9. The Morgan fingerprint density at radius 2 is 0.974 bits per heavy atom. The number of phenolic OH excluding ortho intramolecular Hbond substituents is 2. The number of unbranched alkanes of at least 4 members (excludes halogenated alkanes) is 2. The molecule has 2 aromatic rings. The minimum Gasteiger partial charge on any atom is -0.508 e. The number of aliphatic carboxylic acids is 1. The number of aliphatic hydroxyl groups excluding tert-OH is 2. The Morgan fingerprint density at radius 1 is 0.551 bits per heavy atom. The van der Waals surface area contributed by atoms with Crippen LogP contribution in [0.5, 0.6) is 11.5 Å². The van der Waals surface area contributed by atoms with Crippen molar-refractivity contribution in [3.05, 3.63) is 59.7 Å². The van der Waals surface area contributed by atoms with Crippen molar-refractivity contribution in [1.29, 1.82) is 0 Å². The third-order valence-corrected chi connectivity index (χ3v) is 12.8. The van der Waals surface area contributed by atoms with Gasteiger partial charge in [-0.05, 0) is 113 Å². The first-order valence-electron chi connectivity index (χ1n) is 25.9. The van der Waals surface area contributed by atoms with E-state index in [1.54, 1.807) is 13.8 Å². The summed E-state index contributed by atoms with van der Waals surface area (Å²) < 4.78 is 0. The molecule has 432 valence electrons. The van der Waals surface area contributed by atoms with Gasteiger partial charge in [-0.3, -0.25) is 43.2 Å². The van der Waals surface area contributed by atoms with Crippen molar-refractivity contribution >= 4 is 59.1 Å². The summed E-state index contributed by atoms with van der Waals surface area (Å²) in [5.74, 6) is -9.86. The van der Waals surface area contributed by atoms with Crippen LogP contribution >= 0.6 is 0 Å². The minimum absolute atomic E-state index is 0.0104. The van der Waals surface area contributed by atoms with Gasteiger partial charge in [-0.2, -0.15) is 0 Å². The second kappa shape index (κ2) is 33.0. The fourth-order valence-electron chi connectivity index (χ4n) is 8.38. The standard InChI is InChI=1S/C51H78N12O15/c1-28(2)42(49(75)57-35(10-5-7-21-53)43(69)56-34(9-4-6-20-52)44(70)61-39(27-65)51(77)78)62-47(73)38(26-64)60-46(72)36(23-30-12-16-32(66)17-13-30)58-45(71)37(24-31-14-18-33(67)19-15-31)59-48(74)40-11-8-22-63(40)50(76)29(3)55-41(68)25-54/h12-19,28-29,34-40,42,64-67H,4-11,20-27,52-54H2,1-3H3,(H,55,68)(H,56,69)(H,57,75)(H,58,71)(H,59,74)(H,60,72)(H,61,70)(H,62,73)(H,77,78)/t29-,34-,35-,36-,37-,38-,39-,40-,42-/m0/s1. The van der Waals surface area contributed by atoms with Gasteiger partial charge in [-0.25, -0.2) is 4.79 Å². The topological polar surface area (TPSA) is 449 Å². The van der Waals surface area contributed by atoms with Crippen molar-refractivity contribution in [2.45, 2.75) is 139 Å². The van der Waals surface area contributed by atoms with Crippen LogP contribution in [-0.4, -0.2) is 183 Å². The van der Waals surface area contributed by atoms with Gasteiger partial charge in [0.2, 0.25) is 53.2 Å². The summed E-state index contributed by atoms with van der Waals surface area (Å²) in [5.41, 5.74) is 17.6. The number of carbonyl (C=O) groups excluding carboxylic acids is 9. The molecular formula is C51H78N12O15. The lowest BCUT2D eigenvalue weighted by Crippen LogP contribution is -2.62. The zero-order valence-electron chi connectivity index (χ0n) is 44.2. The number of phenols is 2. The highest BCUT2D eigenvalue weighted by atomic mass is 16.4. The molecule has 0 spiro atoms. The molecule has 0 aliphatic carbocycles. The molecule has 0 radical (unpaired) electrons. The molecule has 1 fully saturated rings. The average molecular weight is 1100 g/mol. The predicted octanol–water partition coefficient (Wildman–Crippen LogP) is -4.29. The van der Waals surface area contributed by atoms with Crippen molar-refractivity contribution in [2.75, 3.05) is 39.4 Å². The molecule has 3 rings (SSSR count). The van der Waals surface area contributed by atoms with Gasteiger partial charge < -0.3 is 90.2 Å². The average Bonchev–Trinajstić information content (AvgIpc) is 3.92. The molecule has 9 amide bonds. The number of hydrogen-bond acceptors (Lipinski definition) is 17. The Labute approximate surface area is 451 Å². The minimum atomic E-state index is -1.76. The maximum Gasteiger partial charge on any atom is 0.328 e. The second-order valence-corrected chi connectivity index (χ2v) is 19.3. The number of hydrogen-bond donors (Lipinski definition) is 16. The van der Waals surface area contributed by atoms with Crippen molar-refractivity contribution in [2.24, 2.45) is 23.1 Å². The number of carbonyl (C=O) groups is 10.